The zero-order valence-corrected chi connectivity index (χ0v) is 15.1. The Labute approximate surface area is 142 Å². The Morgan fingerprint density at radius 2 is 1.96 bits per heavy atom. The van der Waals surface area contributed by atoms with Crippen molar-refractivity contribution in [2.75, 3.05) is 7.11 Å². The van der Waals surface area contributed by atoms with Crippen LogP contribution in [0.4, 0.5) is 0 Å². The normalized spacial score (nSPS) is 12.5. The van der Waals surface area contributed by atoms with Crippen molar-refractivity contribution < 1.29 is 19.4 Å². The molecule has 1 aromatic rings. The van der Waals surface area contributed by atoms with Crippen molar-refractivity contribution in [3.05, 3.63) is 22.7 Å². The fourth-order valence-corrected chi connectivity index (χ4v) is 2.49. The maximum Gasteiger partial charge on any atom is 0.320 e. The summed E-state index contributed by atoms with van der Waals surface area (Å²) in [7, 11) is 1.55. The Balaban J connectivity index is 2.88. The van der Waals surface area contributed by atoms with E-state index in [1.54, 1.807) is 13.2 Å². The Hall–Kier alpha value is -1.46. The number of aliphatic carboxylic acids is 1. The number of hydrogen-bond acceptors (Lipinski definition) is 4. The van der Waals surface area contributed by atoms with Crippen LogP contribution in [0.15, 0.2) is 12.1 Å². The second kappa shape index (κ2) is 8.99. The Morgan fingerprint density at radius 3 is 2.43 bits per heavy atom. The summed E-state index contributed by atoms with van der Waals surface area (Å²) in [4.78, 5) is 11.3. The molecule has 1 unspecified atom stereocenters. The lowest BCUT2D eigenvalue weighted by Gasteiger charge is -2.19. The number of hydrogen-bond donors (Lipinski definition) is 2. The van der Waals surface area contributed by atoms with Crippen LogP contribution in [-0.2, 0) is 11.3 Å². The molecule has 0 aliphatic carbocycles. The molecule has 2 N–H and O–H groups in total. The van der Waals surface area contributed by atoms with E-state index in [9.17, 15) is 9.90 Å². The van der Waals surface area contributed by atoms with E-state index in [4.69, 9.17) is 21.1 Å². The number of ether oxygens (including phenoxy) is 2. The number of nitrogens with one attached hydrogen (secondary N) is 1. The summed E-state index contributed by atoms with van der Waals surface area (Å²) < 4.78 is 11.0. The van der Waals surface area contributed by atoms with E-state index in [0.29, 0.717) is 35.4 Å². The van der Waals surface area contributed by atoms with Gasteiger partial charge in [0.05, 0.1) is 18.2 Å². The Morgan fingerprint density at radius 1 is 1.30 bits per heavy atom. The summed E-state index contributed by atoms with van der Waals surface area (Å²) in [6.45, 7) is 8.20. The minimum atomic E-state index is -0.850. The van der Waals surface area contributed by atoms with Crippen molar-refractivity contribution in [2.24, 2.45) is 5.92 Å². The van der Waals surface area contributed by atoms with Crippen LogP contribution in [0.2, 0.25) is 5.02 Å². The second-order valence-corrected chi connectivity index (χ2v) is 6.58. The van der Waals surface area contributed by atoms with E-state index in [2.05, 4.69) is 5.32 Å². The smallest absolute Gasteiger partial charge is 0.320 e. The molecule has 0 amide bonds. The maximum absolute atomic E-state index is 11.3. The molecule has 0 saturated carbocycles. The lowest BCUT2D eigenvalue weighted by atomic mass is 10.0. The summed E-state index contributed by atoms with van der Waals surface area (Å²) in [5.74, 6) is 0.490. The van der Waals surface area contributed by atoms with Gasteiger partial charge < -0.3 is 19.9 Å². The van der Waals surface area contributed by atoms with Gasteiger partial charge in [0.25, 0.3) is 0 Å². The highest BCUT2D eigenvalue weighted by Gasteiger charge is 2.19. The van der Waals surface area contributed by atoms with Crippen molar-refractivity contribution in [1.82, 2.24) is 5.32 Å². The molecule has 0 aromatic heterocycles. The van der Waals surface area contributed by atoms with Gasteiger partial charge >= 0.3 is 5.97 Å². The Bertz CT molecular complexity index is 532. The maximum atomic E-state index is 11.3. The summed E-state index contributed by atoms with van der Waals surface area (Å²) >= 11 is 6.27. The summed E-state index contributed by atoms with van der Waals surface area (Å²) in [5.41, 5.74) is 0.845. The lowest BCUT2D eigenvalue weighted by molar-refractivity contribution is -0.140. The van der Waals surface area contributed by atoms with Gasteiger partial charge in [0.1, 0.15) is 6.04 Å². The van der Waals surface area contributed by atoms with Gasteiger partial charge in [0.2, 0.25) is 0 Å². The molecule has 0 heterocycles. The molecule has 1 rings (SSSR count). The van der Waals surface area contributed by atoms with E-state index in [1.807, 2.05) is 33.8 Å². The van der Waals surface area contributed by atoms with Crippen LogP contribution in [0.1, 0.15) is 39.7 Å². The van der Waals surface area contributed by atoms with Crippen LogP contribution in [0, 0.1) is 5.92 Å². The van der Waals surface area contributed by atoms with Gasteiger partial charge in [0, 0.05) is 6.54 Å². The summed E-state index contributed by atoms with van der Waals surface area (Å²) in [5, 5.41) is 12.8. The molecule has 0 spiro atoms. The second-order valence-electron chi connectivity index (χ2n) is 6.18. The molecule has 0 bridgehead atoms. The molecule has 23 heavy (non-hydrogen) atoms. The largest absolute Gasteiger partial charge is 0.493 e. The van der Waals surface area contributed by atoms with Crippen LogP contribution in [0.3, 0.4) is 0 Å². The van der Waals surface area contributed by atoms with E-state index in [1.165, 1.54) is 0 Å². The molecule has 1 atom stereocenters. The first-order valence-electron chi connectivity index (χ1n) is 7.73. The zero-order chi connectivity index (χ0) is 17.6. The molecule has 0 radical (unpaired) electrons. The first-order valence-corrected chi connectivity index (χ1v) is 8.11. The third kappa shape index (κ3) is 6.28. The molecule has 0 aliphatic rings. The van der Waals surface area contributed by atoms with E-state index in [-0.39, 0.29) is 6.10 Å². The summed E-state index contributed by atoms with van der Waals surface area (Å²) in [6.07, 6.45) is 0.544. The van der Waals surface area contributed by atoms with Crippen molar-refractivity contribution in [3.63, 3.8) is 0 Å². The average molecular weight is 344 g/mol. The van der Waals surface area contributed by atoms with E-state index < -0.39 is 12.0 Å². The number of halogens is 1. The fraction of sp³-hybridized carbons (Fsp3) is 0.588. The average Bonchev–Trinajstić information content (AvgIpc) is 2.44. The van der Waals surface area contributed by atoms with Gasteiger partial charge in [0.15, 0.2) is 11.5 Å². The lowest BCUT2D eigenvalue weighted by Crippen LogP contribution is -2.37. The number of rotatable bonds is 9. The van der Waals surface area contributed by atoms with E-state index >= 15 is 0 Å². The molecular formula is C17H26ClNO4. The van der Waals surface area contributed by atoms with Crippen LogP contribution in [0.5, 0.6) is 11.5 Å². The van der Waals surface area contributed by atoms with Crippen LogP contribution >= 0.6 is 11.6 Å². The highest BCUT2D eigenvalue weighted by Crippen LogP contribution is 2.37. The molecule has 5 nitrogen and oxygen atoms in total. The highest BCUT2D eigenvalue weighted by atomic mass is 35.5. The topological polar surface area (TPSA) is 67.8 Å². The first-order chi connectivity index (χ1) is 10.7. The number of benzene rings is 1. The fourth-order valence-electron chi connectivity index (χ4n) is 2.21. The Kier molecular flexibility index (Phi) is 7.65. The standard InChI is InChI=1S/C17H26ClNO4/c1-10(2)6-14(17(20)21)19-9-12-7-13(18)16(23-11(3)4)15(8-12)22-5/h7-8,10-11,14,19H,6,9H2,1-5H3,(H,20,21). The third-order valence-electron chi connectivity index (χ3n) is 3.20. The van der Waals surface area contributed by atoms with E-state index in [0.717, 1.165) is 5.56 Å². The van der Waals surface area contributed by atoms with Gasteiger partial charge in [-0.3, -0.25) is 4.79 Å². The predicted molar refractivity (Wildman–Crippen MR) is 91.5 cm³/mol. The van der Waals surface area contributed by atoms with Gasteiger partial charge in [-0.1, -0.05) is 25.4 Å². The molecule has 0 fully saturated rings. The third-order valence-corrected chi connectivity index (χ3v) is 3.48. The molecule has 0 aliphatic heterocycles. The van der Waals surface area contributed by atoms with Gasteiger partial charge in [-0.2, -0.15) is 0 Å². The van der Waals surface area contributed by atoms with Crippen molar-refractivity contribution >= 4 is 17.6 Å². The summed E-state index contributed by atoms with van der Waals surface area (Å²) in [6, 6.07) is 2.99. The zero-order valence-electron chi connectivity index (χ0n) is 14.4. The SMILES string of the molecule is COc1cc(CNC(CC(C)C)C(=O)O)cc(Cl)c1OC(C)C. The molecule has 6 heteroatoms. The van der Waals surface area contributed by atoms with Crippen LogP contribution in [-0.4, -0.2) is 30.3 Å². The number of carboxylic acids is 1. The predicted octanol–water partition coefficient (Wildman–Crippen LogP) is 3.72. The highest BCUT2D eigenvalue weighted by molar-refractivity contribution is 6.32. The monoisotopic (exact) mass is 343 g/mol. The van der Waals surface area contributed by atoms with Crippen LogP contribution < -0.4 is 14.8 Å². The van der Waals surface area contributed by atoms with Crippen LogP contribution in [0.25, 0.3) is 0 Å². The van der Waals surface area contributed by atoms with Gasteiger partial charge in [-0.15, -0.1) is 0 Å². The minimum Gasteiger partial charge on any atom is -0.493 e. The first kappa shape index (κ1) is 19.6. The molecule has 130 valence electrons. The molecule has 1 aromatic carbocycles. The van der Waals surface area contributed by atoms with Crippen molar-refractivity contribution in [1.29, 1.82) is 0 Å². The number of carbonyl (C=O) groups is 1. The number of carboxylic acid groups (broad SMARTS) is 1. The number of methoxy groups -OCH3 is 1. The molecular weight excluding hydrogens is 318 g/mol. The molecule has 0 saturated heterocycles. The van der Waals surface area contributed by atoms with Crippen molar-refractivity contribution in [2.45, 2.75) is 52.8 Å². The van der Waals surface area contributed by atoms with Gasteiger partial charge in [-0.05, 0) is 43.9 Å². The van der Waals surface area contributed by atoms with Crippen molar-refractivity contribution in [3.8, 4) is 11.5 Å². The quantitative estimate of drug-likeness (QED) is 0.715. The van der Waals surface area contributed by atoms with Gasteiger partial charge in [-0.25, -0.2) is 0 Å². The minimum absolute atomic E-state index is 0.0205.